The van der Waals surface area contributed by atoms with Crippen LogP contribution in [0.2, 0.25) is 0 Å². The standard InChI is InChI=1S/C12H13F.C10H14F3N3.C2H6/c1-3-9-7-12(9)11-5-4-10(13)6-8(11)2;1-7(14-2)9-6-15-8(5-16-9)3-4-10(11,12)13;1-2/h3-6,9,12H,1,7H2,2H3;5-7,14H,3-4H2,1-2H3;1-2H3. The number of halogens is 4. The van der Waals surface area contributed by atoms with E-state index in [4.69, 9.17) is 0 Å². The predicted octanol–water partition coefficient (Wildman–Crippen LogP) is 6.70. The minimum absolute atomic E-state index is 0.0455. The van der Waals surface area contributed by atoms with Gasteiger partial charge in [-0.1, -0.05) is 26.0 Å². The first-order valence-electron chi connectivity index (χ1n) is 10.6. The Kier molecular flexibility index (Phi) is 10.8. The SMILES string of the molecule is C=CC1CC1c1ccc(F)cc1C.CC.CNC(C)c1cnc(CCC(F)(F)F)cn1. The lowest BCUT2D eigenvalue weighted by atomic mass is 10.0. The van der Waals surface area contributed by atoms with Gasteiger partial charge in [-0.3, -0.25) is 9.97 Å². The molecule has 0 aliphatic heterocycles. The molecule has 1 aliphatic carbocycles. The van der Waals surface area contributed by atoms with Gasteiger partial charge in [0.05, 0.1) is 17.6 Å². The number of alkyl halides is 3. The Hall–Kier alpha value is -2.28. The molecule has 172 valence electrons. The number of aryl methyl sites for hydroxylation is 2. The number of aromatic nitrogens is 2. The number of hydrogen-bond donors (Lipinski definition) is 1. The second-order valence-corrected chi connectivity index (χ2v) is 7.30. The number of benzene rings is 1. The maximum absolute atomic E-state index is 12.8. The molecule has 3 unspecified atom stereocenters. The third-order valence-electron chi connectivity index (χ3n) is 5.04. The van der Waals surface area contributed by atoms with Gasteiger partial charge >= 0.3 is 6.18 Å². The van der Waals surface area contributed by atoms with Crippen molar-refractivity contribution in [2.45, 2.75) is 65.1 Å². The summed E-state index contributed by atoms with van der Waals surface area (Å²) in [6.45, 7) is 11.6. The molecule has 0 amide bonds. The molecule has 0 bridgehead atoms. The maximum Gasteiger partial charge on any atom is 0.389 e. The zero-order valence-corrected chi connectivity index (χ0v) is 18.9. The summed E-state index contributed by atoms with van der Waals surface area (Å²) in [4.78, 5) is 8.01. The van der Waals surface area contributed by atoms with Crippen LogP contribution in [0.1, 0.15) is 68.1 Å². The van der Waals surface area contributed by atoms with Gasteiger partial charge < -0.3 is 5.32 Å². The fourth-order valence-corrected chi connectivity index (χ4v) is 3.02. The maximum atomic E-state index is 12.8. The van der Waals surface area contributed by atoms with E-state index in [0.29, 0.717) is 17.5 Å². The van der Waals surface area contributed by atoms with Gasteiger partial charge in [-0.25, -0.2) is 4.39 Å². The molecule has 1 saturated carbocycles. The van der Waals surface area contributed by atoms with Crippen LogP contribution in [0, 0.1) is 18.7 Å². The largest absolute Gasteiger partial charge is 0.389 e. The van der Waals surface area contributed by atoms with E-state index in [0.717, 1.165) is 11.3 Å². The summed E-state index contributed by atoms with van der Waals surface area (Å²) in [5.41, 5.74) is 3.43. The second-order valence-electron chi connectivity index (χ2n) is 7.30. The molecule has 7 heteroatoms. The molecule has 1 heterocycles. The summed E-state index contributed by atoms with van der Waals surface area (Å²) in [5.74, 6) is 1.07. The molecule has 3 atom stereocenters. The minimum Gasteiger partial charge on any atom is -0.312 e. The minimum atomic E-state index is -4.14. The van der Waals surface area contributed by atoms with Gasteiger partial charge in [0.1, 0.15) is 5.82 Å². The fourth-order valence-electron chi connectivity index (χ4n) is 3.02. The molecular formula is C24H33F4N3. The highest BCUT2D eigenvalue weighted by Gasteiger charge is 2.36. The van der Waals surface area contributed by atoms with Crippen molar-refractivity contribution in [3.63, 3.8) is 0 Å². The van der Waals surface area contributed by atoms with Gasteiger partial charge in [0.2, 0.25) is 0 Å². The summed E-state index contributed by atoms with van der Waals surface area (Å²) in [6.07, 6.45) is 0.956. The van der Waals surface area contributed by atoms with Crippen molar-refractivity contribution in [3.8, 4) is 0 Å². The van der Waals surface area contributed by atoms with Crippen molar-refractivity contribution in [3.05, 3.63) is 71.6 Å². The number of nitrogens with zero attached hydrogens (tertiary/aromatic N) is 2. The lowest BCUT2D eigenvalue weighted by Gasteiger charge is -2.09. The molecule has 0 radical (unpaired) electrons. The van der Waals surface area contributed by atoms with Crippen LogP contribution in [-0.4, -0.2) is 23.2 Å². The van der Waals surface area contributed by atoms with Gasteiger partial charge in [0.25, 0.3) is 0 Å². The topological polar surface area (TPSA) is 37.8 Å². The van der Waals surface area contributed by atoms with Crippen LogP contribution in [0.3, 0.4) is 0 Å². The summed E-state index contributed by atoms with van der Waals surface area (Å²) >= 11 is 0. The van der Waals surface area contributed by atoms with Crippen LogP contribution in [0.15, 0.2) is 43.2 Å². The summed E-state index contributed by atoms with van der Waals surface area (Å²) in [7, 11) is 1.78. The van der Waals surface area contributed by atoms with Crippen molar-refractivity contribution in [1.82, 2.24) is 15.3 Å². The lowest BCUT2D eigenvalue weighted by Crippen LogP contribution is -2.15. The van der Waals surface area contributed by atoms with E-state index in [-0.39, 0.29) is 18.3 Å². The van der Waals surface area contributed by atoms with Crippen LogP contribution in [-0.2, 0) is 6.42 Å². The first kappa shape index (κ1) is 26.8. The lowest BCUT2D eigenvalue weighted by molar-refractivity contribution is -0.134. The van der Waals surface area contributed by atoms with Crippen LogP contribution in [0.5, 0.6) is 0 Å². The van der Waals surface area contributed by atoms with E-state index in [1.165, 1.54) is 24.4 Å². The van der Waals surface area contributed by atoms with Gasteiger partial charge in [0, 0.05) is 18.7 Å². The van der Waals surface area contributed by atoms with Gasteiger partial charge in [-0.15, -0.1) is 6.58 Å². The Morgan fingerprint density at radius 2 is 1.90 bits per heavy atom. The molecule has 3 nitrogen and oxygen atoms in total. The number of nitrogens with one attached hydrogen (secondary N) is 1. The van der Waals surface area contributed by atoms with Crippen molar-refractivity contribution in [2.24, 2.45) is 5.92 Å². The number of rotatable bonds is 6. The zero-order valence-electron chi connectivity index (χ0n) is 18.9. The van der Waals surface area contributed by atoms with Crippen molar-refractivity contribution < 1.29 is 17.6 Å². The van der Waals surface area contributed by atoms with Crippen LogP contribution in [0.4, 0.5) is 17.6 Å². The third kappa shape index (κ3) is 9.17. The first-order chi connectivity index (χ1) is 14.6. The third-order valence-corrected chi connectivity index (χ3v) is 5.04. The second kappa shape index (κ2) is 12.5. The average Bonchev–Trinajstić information content (AvgIpc) is 3.53. The first-order valence-corrected chi connectivity index (χ1v) is 10.6. The zero-order chi connectivity index (χ0) is 23.6. The predicted molar refractivity (Wildman–Crippen MR) is 117 cm³/mol. The Morgan fingerprint density at radius 1 is 1.23 bits per heavy atom. The molecular weight excluding hydrogens is 406 g/mol. The number of hydrogen-bond acceptors (Lipinski definition) is 3. The van der Waals surface area contributed by atoms with Crippen LogP contribution in [0.25, 0.3) is 0 Å². The normalized spacial score (nSPS) is 18.1. The average molecular weight is 440 g/mol. The van der Waals surface area contributed by atoms with E-state index < -0.39 is 12.6 Å². The molecule has 0 spiro atoms. The molecule has 1 aromatic carbocycles. The Labute approximate surface area is 183 Å². The van der Waals surface area contributed by atoms with Gasteiger partial charge in [-0.2, -0.15) is 13.2 Å². The Balaban J connectivity index is 0.000000291. The van der Waals surface area contributed by atoms with Crippen LogP contribution >= 0.6 is 0 Å². The monoisotopic (exact) mass is 439 g/mol. The molecule has 1 aliphatic rings. The highest BCUT2D eigenvalue weighted by atomic mass is 19.4. The number of allylic oxidation sites excluding steroid dienone is 1. The highest BCUT2D eigenvalue weighted by Crippen LogP contribution is 2.49. The van der Waals surface area contributed by atoms with Crippen molar-refractivity contribution >= 4 is 0 Å². The van der Waals surface area contributed by atoms with E-state index in [9.17, 15) is 17.6 Å². The van der Waals surface area contributed by atoms with Gasteiger partial charge in [0.15, 0.2) is 0 Å². The molecule has 1 N–H and O–H groups in total. The van der Waals surface area contributed by atoms with Gasteiger partial charge in [-0.05, 0) is 68.8 Å². The molecule has 1 fully saturated rings. The van der Waals surface area contributed by atoms with Crippen molar-refractivity contribution in [2.75, 3.05) is 7.05 Å². The Morgan fingerprint density at radius 3 is 2.35 bits per heavy atom. The molecule has 31 heavy (non-hydrogen) atoms. The summed E-state index contributed by atoms with van der Waals surface area (Å²) < 4.78 is 48.6. The Bertz CT molecular complexity index is 803. The summed E-state index contributed by atoms with van der Waals surface area (Å²) in [5, 5.41) is 2.97. The van der Waals surface area contributed by atoms with E-state index in [2.05, 4.69) is 21.9 Å². The smallest absolute Gasteiger partial charge is 0.312 e. The quantitative estimate of drug-likeness (QED) is 0.402. The molecule has 0 saturated heterocycles. The molecule has 3 rings (SSSR count). The van der Waals surface area contributed by atoms with E-state index in [1.807, 2.05) is 39.8 Å². The summed E-state index contributed by atoms with van der Waals surface area (Å²) in [6, 6.07) is 5.09. The fraction of sp³-hybridized carbons (Fsp3) is 0.500. The van der Waals surface area contributed by atoms with Crippen LogP contribution < -0.4 is 5.32 Å². The molecule has 2 aromatic rings. The van der Waals surface area contributed by atoms with E-state index >= 15 is 0 Å². The van der Waals surface area contributed by atoms with Crippen molar-refractivity contribution in [1.29, 1.82) is 0 Å². The highest BCUT2D eigenvalue weighted by molar-refractivity contribution is 5.35. The molecule has 1 aromatic heterocycles. The van der Waals surface area contributed by atoms with E-state index in [1.54, 1.807) is 19.2 Å².